The standard InChI is InChI=1S/C59H40N2/c1-59(2)53-26-13-12-25-47(53)52-34-40(28-32-54(52)59)39-19-14-20-42(33-39)55-36-56(61-58(60-55)38-16-4-3-5-17-38)48-30-31-49(46-24-11-10-23-45(46)48)57-44-22-9-7-18-41(44)35-51-43-21-8-6-15-37(43)27-29-50(51)57/h3-36H,1-2H3. The zero-order valence-electron chi connectivity index (χ0n) is 34.0. The highest BCUT2D eigenvalue weighted by Crippen LogP contribution is 2.50. The van der Waals surface area contributed by atoms with E-state index in [1.807, 2.05) is 6.07 Å². The van der Waals surface area contributed by atoms with Crippen LogP contribution >= 0.6 is 0 Å². The summed E-state index contributed by atoms with van der Waals surface area (Å²) in [6.07, 6.45) is 0. The van der Waals surface area contributed by atoms with Crippen LogP contribution in [-0.4, -0.2) is 9.97 Å². The van der Waals surface area contributed by atoms with Gasteiger partial charge in [0.1, 0.15) is 0 Å². The Balaban J connectivity index is 1.03. The summed E-state index contributed by atoms with van der Waals surface area (Å²) < 4.78 is 0. The summed E-state index contributed by atoms with van der Waals surface area (Å²) in [6, 6.07) is 75.0. The average molecular weight is 777 g/mol. The number of aromatic nitrogens is 2. The van der Waals surface area contributed by atoms with Gasteiger partial charge in [-0.3, -0.25) is 0 Å². The molecule has 11 aromatic rings. The molecule has 1 heterocycles. The van der Waals surface area contributed by atoms with Crippen LogP contribution in [0.4, 0.5) is 0 Å². The molecule has 0 spiro atoms. The first kappa shape index (κ1) is 35.3. The second kappa shape index (κ2) is 13.7. The predicted octanol–water partition coefficient (Wildman–Crippen LogP) is 15.7. The number of rotatable bonds is 5. The van der Waals surface area contributed by atoms with Crippen LogP contribution in [0.25, 0.3) is 110 Å². The van der Waals surface area contributed by atoms with E-state index in [9.17, 15) is 0 Å². The summed E-state index contributed by atoms with van der Waals surface area (Å²) in [5.41, 5.74) is 15.1. The van der Waals surface area contributed by atoms with Gasteiger partial charge in [0.25, 0.3) is 0 Å². The molecule has 0 fully saturated rings. The Kier molecular flexibility index (Phi) is 7.92. The molecule has 12 rings (SSSR count). The van der Waals surface area contributed by atoms with E-state index in [1.54, 1.807) is 0 Å². The zero-order chi connectivity index (χ0) is 40.7. The topological polar surface area (TPSA) is 25.8 Å². The Labute approximate surface area is 355 Å². The molecular formula is C59H40N2. The number of hydrogen-bond donors (Lipinski definition) is 0. The molecular weight excluding hydrogens is 737 g/mol. The minimum absolute atomic E-state index is 0.0303. The highest BCUT2D eigenvalue weighted by Gasteiger charge is 2.35. The molecule has 0 amide bonds. The molecule has 10 aromatic carbocycles. The van der Waals surface area contributed by atoms with Crippen molar-refractivity contribution < 1.29 is 0 Å². The number of nitrogens with zero attached hydrogens (tertiary/aromatic N) is 2. The van der Waals surface area contributed by atoms with E-state index in [-0.39, 0.29) is 5.41 Å². The van der Waals surface area contributed by atoms with Gasteiger partial charge in [-0.05, 0) is 112 Å². The van der Waals surface area contributed by atoms with Gasteiger partial charge in [-0.1, -0.05) is 196 Å². The van der Waals surface area contributed by atoms with E-state index in [0.29, 0.717) is 5.82 Å². The van der Waals surface area contributed by atoms with Crippen molar-refractivity contribution >= 4 is 43.1 Å². The Hall–Kier alpha value is -7.68. The molecule has 1 aliphatic carbocycles. The fourth-order valence-electron chi connectivity index (χ4n) is 10.1. The molecule has 0 saturated heterocycles. The van der Waals surface area contributed by atoms with Crippen molar-refractivity contribution in [3.05, 3.63) is 217 Å². The normalized spacial score (nSPS) is 12.9. The lowest BCUT2D eigenvalue weighted by Crippen LogP contribution is -2.14. The first-order chi connectivity index (χ1) is 30.0. The molecule has 286 valence electrons. The van der Waals surface area contributed by atoms with Crippen molar-refractivity contribution in [2.24, 2.45) is 0 Å². The van der Waals surface area contributed by atoms with Gasteiger partial charge >= 0.3 is 0 Å². The second-order valence-corrected chi connectivity index (χ2v) is 16.9. The molecule has 0 N–H and O–H groups in total. The first-order valence-electron chi connectivity index (χ1n) is 21.1. The average Bonchev–Trinajstić information content (AvgIpc) is 3.55. The summed E-state index contributed by atoms with van der Waals surface area (Å²) in [5.74, 6) is 0.704. The fraction of sp³-hybridized carbons (Fsp3) is 0.0508. The van der Waals surface area contributed by atoms with Gasteiger partial charge in [-0.2, -0.15) is 0 Å². The van der Waals surface area contributed by atoms with Gasteiger partial charge < -0.3 is 0 Å². The predicted molar refractivity (Wildman–Crippen MR) is 257 cm³/mol. The van der Waals surface area contributed by atoms with Crippen LogP contribution in [0.5, 0.6) is 0 Å². The molecule has 2 nitrogen and oxygen atoms in total. The third kappa shape index (κ3) is 5.64. The van der Waals surface area contributed by atoms with E-state index in [1.165, 1.54) is 76.6 Å². The van der Waals surface area contributed by atoms with Crippen molar-refractivity contribution in [3.63, 3.8) is 0 Å². The maximum atomic E-state index is 5.33. The molecule has 0 atom stereocenters. The minimum Gasteiger partial charge on any atom is -0.228 e. The van der Waals surface area contributed by atoms with Crippen LogP contribution in [0.1, 0.15) is 25.0 Å². The van der Waals surface area contributed by atoms with Gasteiger partial charge in [-0.25, -0.2) is 9.97 Å². The maximum Gasteiger partial charge on any atom is 0.160 e. The summed E-state index contributed by atoms with van der Waals surface area (Å²) >= 11 is 0. The van der Waals surface area contributed by atoms with E-state index >= 15 is 0 Å². The monoisotopic (exact) mass is 776 g/mol. The number of hydrogen-bond acceptors (Lipinski definition) is 2. The molecule has 2 heteroatoms. The van der Waals surface area contributed by atoms with Crippen molar-refractivity contribution in [3.8, 4) is 67.3 Å². The highest BCUT2D eigenvalue weighted by molar-refractivity contribution is 6.23. The summed E-state index contributed by atoms with van der Waals surface area (Å²) in [7, 11) is 0. The lowest BCUT2D eigenvalue weighted by Gasteiger charge is -2.21. The third-order valence-corrected chi connectivity index (χ3v) is 13.1. The quantitative estimate of drug-likeness (QED) is 0.128. The van der Waals surface area contributed by atoms with Crippen LogP contribution in [0, 0.1) is 0 Å². The number of fused-ring (bicyclic) bond motifs is 8. The van der Waals surface area contributed by atoms with Crippen LogP contribution < -0.4 is 0 Å². The van der Waals surface area contributed by atoms with Crippen molar-refractivity contribution in [1.29, 1.82) is 0 Å². The third-order valence-electron chi connectivity index (χ3n) is 13.1. The fourth-order valence-corrected chi connectivity index (χ4v) is 10.1. The Bertz CT molecular complexity index is 3560. The van der Waals surface area contributed by atoms with E-state index in [2.05, 4.69) is 214 Å². The summed E-state index contributed by atoms with van der Waals surface area (Å²) in [4.78, 5) is 10.6. The lowest BCUT2D eigenvalue weighted by molar-refractivity contribution is 0.660. The van der Waals surface area contributed by atoms with Crippen LogP contribution in [0.2, 0.25) is 0 Å². The van der Waals surface area contributed by atoms with Gasteiger partial charge in [0.05, 0.1) is 11.4 Å². The van der Waals surface area contributed by atoms with Crippen molar-refractivity contribution in [2.45, 2.75) is 19.3 Å². The molecule has 0 saturated carbocycles. The van der Waals surface area contributed by atoms with Gasteiger partial charge in [0.15, 0.2) is 5.82 Å². The maximum absolute atomic E-state index is 5.33. The van der Waals surface area contributed by atoms with Gasteiger partial charge in [0.2, 0.25) is 0 Å². The largest absolute Gasteiger partial charge is 0.228 e. The van der Waals surface area contributed by atoms with Crippen molar-refractivity contribution in [2.75, 3.05) is 0 Å². The smallest absolute Gasteiger partial charge is 0.160 e. The summed E-state index contributed by atoms with van der Waals surface area (Å²) in [6.45, 7) is 4.66. The molecule has 0 bridgehead atoms. The Morgan fingerprint density at radius 2 is 0.934 bits per heavy atom. The molecule has 61 heavy (non-hydrogen) atoms. The molecule has 0 radical (unpaired) electrons. The van der Waals surface area contributed by atoms with Gasteiger partial charge in [-0.15, -0.1) is 0 Å². The molecule has 0 aliphatic heterocycles. The highest BCUT2D eigenvalue weighted by atomic mass is 14.9. The molecule has 0 unspecified atom stereocenters. The van der Waals surface area contributed by atoms with Gasteiger partial charge in [0, 0.05) is 22.1 Å². The zero-order valence-corrected chi connectivity index (χ0v) is 34.0. The number of benzene rings is 10. The molecule has 1 aliphatic rings. The summed E-state index contributed by atoms with van der Waals surface area (Å²) in [5, 5.41) is 9.86. The second-order valence-electron chi connectivity index (χ2n) is 16.9. The van der Waals surface area contributed by atoms with E-state index in [4.69, 9.17) is 9.97 Å². The molecule has 1 aromatic heterocycles. The Morgan fingerprint density at radius 3 is 1.79 bits per heavy atom. The minimum atomic E-state index is -0.0303. The van der Waals surface area contributed by atoms with Crippen LogP contribution in [0.3, 0.4) is 0 Å². The lowest BCUT2D eigenvalue weighted by atomic mass is 9.82. The van der Waals surface area contributed by atoms with Crippen molar-refractivity contribution in [1.82, 2.24) is 9.97 Å². The van der Waals surface area contributed by atoms with E-state index < -0.39 is 0 Å². The van der Waals surface area contributed by atoms with Crippen LogP contribution in [-0.2, 0) is 5.41 Å². The van der Waals surface area contributed by atoms with E-state index in [0.717, 1.165) is 39.0 Å². The van der Waals surface area contributed by atoms with Crippen LogP contribution in [0.15, 0.2) is 206 Å². The SMILES string of the molecule is CC1(C)c2ccccc2-c2cc(-c3cccc(-c4cc(-c5ccc(-c6c7ccccc7cc7c6ccc6ccccc67)c6ccccc56)nc(-c5ccccc5)n4)c3)ccc21. The first-order valence-corrected chi connectivity index (χ1v) is 21.1. The Morgan fingerprint density at radius 1 is 0.311 bits per heavy atom.